The van der Waals surface area contributed by atoms with Gasteiger partial charge in [0.05, 0.1) is 17.5 Å². The number of amides is 2. The molecule has 1 heterocycles. The van der Waals surface area contributed by atoms with E-state index in [1.165, 1.54) is 0 Å². The first-order valence-corrected chi connectivity index (χ1v) is 8.46. The van der Waals surface area contributed by atoms with Crippen molar-refractivity contribution >= 4 is 29.2 Å². The lowest BCUT2D eigenvalue weighted by Gasteiger charge is -2.32. The summed E-state index contributed by atoms with van der Waals surface area (Å²) >= 11 is 0. The maximum absolute atomic E-state index is 12.5. The Kier molecular flexibility index (Phi) is 4.41. The van der Waals surface area contributed by atoms with Crippen LogP contribution in [0, 0.1) is 11.8 Å². The highest BCUT2D eigenvalue weighted by atomic mass is 16.5. The molecule has 1 aromatic carbocycles. The molecular formula is C18H22N2O5. The van der Waals surface area contributed by atoms with E-state index in [1.807, 2.05) is 0 Å². The van der Waals surface area contributed by atoms with Crippen molar-refractivity contribution in [1.29, 1.82) is 0 Å². The Hall–Kier alpha value is -2.57. The molecule has 1 aliphatic heterocycles. The Morgan fingerprint density at radius 2 is 1.92 bits per heavy atom. The molecule has 0 bridgehead atoms. The summed E-state index contributed by atoms with van der Waals surface area (Å²) in [4.78, 5) is 35.8. The third kappa shape index (κ3) is 3.45. The van der Waals surface area contributed by atoms with Gasteiger partial charge in [-0.25, -0.2) is 0 Å². The highest BCUT2D eigenvalue weighted by Gasteiger charge is 2.37. The zero-order valence-corrected chi connectivity index (χ0v) is 14.3. The number of hydrogen-bond acceptors (Lipinski definition) is 4. The second-order valence-corrected chi connectivity index (χ2v) is 7.10. The molecule has 25 heavy (non-hydrogen) atoms. The van der Waals surface area contributed by atoms with E-state index in [-0.39, 0.29) is 11.8 Å². The number of fused-ring (bicyclic) bond motifs is 1. The predicted molar refractivity (Wildman–Crippen MR) is 91.5 cm³/mol. The lowest BCUT2D eigenvalue weighted by atomic mass is 9.78. The Labute approximate surface area is 145 Å². The molecule has 2 aliphatic rings. The van der Waals surface area contributed by atoms with Crippen LogP contribution in [0.3, 0.4) is 0 Å². The minimum atomic E-state index is -0.993. The summed E-state index contributed by atoms with van der Waals surface area (Å²) in [6, 6.07) is 4.97. The molecule has 0 saturated heterocycles. The number of benzene rings is 1. The van der Waals surface area contributed by atoms with Gasteiger partial charge in [0.15, 0.2) is 5.60 Å². The van der Waals surface area contributed by atoms with Crippen LogP contribution in [0.5, 0.6) is 5.75 Å². The topological polar surface area (TPSA) is 105 Å². The van der Waals surface area contributed by atoms with Crippen LogP contribution >= 0.6 is 0 Å². The van der Waals surface area contributed by atoms with Crippen molar-refractivity contribution in [2.75, 3.05) is 10.6 Å². The molecule has 1 saturated carbocycles. The van der Waals surface area contributed by atoms with Crippen LogP contribution < -0.4 is 15.4 Å². The monoisotopic (exact) mass is 346 g/mol. The van der Waals surface area contributed by atoms with Gasteiger partial charge in [-0.05, 0) is 38.8 Å². The fraction of sp³-hybridized carbons (Fsp3) is 0.500. The molecule has 7 heteroatoms. The molecule has 3 N–H and O–H groups in total. The van der Waals surface area contributed by atoms with Crippen LogP contribution in [0.1, 0.15) is 39.5 Å². The van der Waals surface area contributed by atoms with E-state index in [1.54, 1.807) is 32.0 Å². The van der Waals surface area contributed by atoms with Crippen molar-refractivity contribution in [2.24, 2.45) is 11.8 Å². The summed E-state index contributed by atoms with van der Waals surface area (Å²) in [5.74, 6) is -2.13. The molecular weight excluding hydrogens is 324 g/mol. The quantitative estimate of drug-likeness (QED) is 0.780. The van der Waals surface area contributed by atoms with Gasteiger partial charge in [0.2, 0.25) is 5.91 Å². The van der Waals surface area contributed by atoms with Crippen LogP contribution in [0.25, 0.3) is 0 Å². The van der Waals surface area contributed by atoms with E-state index >= 15 is 0 Å². The maximum Gasteiger partial charge on any atom is 0.307 e. The van der Waals surface area contributed by atoms with Crippen LogP contribution in [0.4, 0.5) is 11.4 Å². The number of carbonyl (C=O) groups is 3. The molecule has 134 valence electrons. The van der Waals surface area contributed by atoms with Gasteiger partial charge in [0.25, 0.3) is 5.91 Å². The molecule has 2 atom stereocenters. The van der Waals surface area contributed by atoms with Gasteiger partial charge in [-0.3, -0.25) is 14.4 Å². The van der Waals surface area contributed by atoms with Gasteiger partial charge in [-0.15, -0.1) is 0 Å². The molecule has 0 spiro atoms. The molecule has 1 fully saturated rings. The number of carboxylic acids is 1. The van der Waals surface area contributed by atoms with Crippen molar-refractivity contribution in [3.63, 3.8) is 0 Å². The van der Waals surface area contributed by atoms with E-state index in [9.17, 15) is 19.5 Å². The van der Waals surface area contributed by atoms with Crippen LogP contribution in [-0.2, 0) is 14.4 Å². The smallest absolute Gasteiger partial charge is 0.307 e. The zero-order chi connectivity index (χ0) is 18.2. The van der Waals surface area contributed by atoms with Crippen molar-refractivity contribution in [1.82, 2.24) is 0 Å². The van der Waals surface area contributed by atoms with Crippen molar-refractivity contribution in [3.8, 4) is 5.75 Å². The van der Waals surface area contributed by atoms with E-state index < -0.39 is 23.4 Å². The molecule has 0 aromatic heterocycles. The predicted octanol–water partition coefficient (Wildman–Crippen LogP) is 2.63. The first kappa shape index (κ1) is 17.3. The van der Waals surface area contributed by atoms with E-state index in [4.69, 9.17) is 4.74 Å². The SMILES string of the molecule is CC1(C)Oc2cc(NC(=O)C3CCCCC3C(=O)O)ccc2NC1=O. The van der Waals surface area contributed by atoms with Crippen molar-refractivity contribution in [2.45, 2.75) is 45.1 Å². The van der Waals surface area contributed by atoms with Crippen molar-refractivity contribution in [3.05, 3.63) is 18.2 Å². The van der Waals surface area contributed by atoms with Gasteiger partial charge in [-0.1, -0.05) is 12.8 Å². The second-order valence-electron chi connectivity index (χ2n) is 7.10. The summed E-state index contributed by atoms with van der Waals surface area (Å²) in [6.45, 7) is 3.33. The average molecular weight is 346 g/mol. The van der Waals surface area contributed by atoms with Gasteiger partial charge < -0.3 is 20.5 Å². The largest absolute Gasteiger partial charge is 0.481 e. The first-order valence-electron chi connectivity index (χ1n) is 8.46. The minimum absolute atomic E-state index is 0.233. The Morgan fingerprint density at radius 1 is 1.24 bits per heavy atom. The standard InChI is InChI=1S/C18H22N2O5/c1-18(2)17(24)20-13-8-7-10(9-14(13)25-18)19-15(21)11-5-3-4-6-12(11)16(22)23/h7-9,11-12H,3-6H2,1-2H3,(H,19,21)(H,20,24)(H,22,23). The summed E-state index contributed by atoms with van der Waals surface area (Å²) < 4.78 is 5.70. The average Bonchev–Trinajstić information content (AvgIpc) is 2.55. The molecule has 2 amide bonds. The number of carboxylic acid groups (broad SMARTS) is 1. The third-order valence-electron chi connectivity index (χ3n) is 4.83. The Bertz CT molecular complexity index is 728. The molecule has 3 rings (SSSR count). The maximum atomic E-state index is 12.5. The molecule has 2 unspecified atom stereocenters. The summed E-state index contributed by atoms with van der Waals surface area (Å²) in [5, 5.41) is 14.9. The lowest BCUT2D eigenvalue weighted by molar-refractivity contribution is -0.147. The molecule has 7 nitrogen and oxygen atoms in total. The summed E-state index contributed by atoms with van der Waals surface area (Å²) in [6.07, 6.45) is 2.80. The Balaban J connectivity index is 1.76. The normalized spacial score (nSPS) is 24.5. The second kappa shape index (κ2) is 6.38. The van der Waals surface area contributed by atoms with Crippen LogP contribution in [0.15, 0.2) is 18.2 Å². The number of carbonyl (C=O) groups excluding carboxylic acids is 2. The minimum Gasteiger partial charge on any atom is -0.481 e. The van der Waals surface area contributed by atoms with E-state index in [2.05, 4.69) is 10.6 Å². The number of aliphatic carboxylic acids is 1. The summed E-state index contributed by atoms with van der Waals surface area (Å²) in [5.41, 5.74) is 0.0711. The zero-order valence-electron chi connectivity index (χ0n) is 14.3. The number of ether oxygens (including phenoxy) is 1. The van der Waals surface area contributed by atoms with Gasteiger partial charge in [0.1, 0.15) is 5.75 Å². The van der Waals surface area contributed by atoms with Gasteiger partial charge in [-0.2, -0.15) is 0 Å². The fourth-order valence-electron chi connectivity index (χ4n) is 3.36. The third-order valence-corrected chi connectivity index (χ3v) is 4.83. The highest BCUT2D eigenvalue weighted by molar-refractivity contribution is 6.01. The van der Waals surface area contributed by atoms with Gasteiger partial charge >= 0.3 is 5.97 Å². The van der Waals surface area contributed by atoms with Gasteiger partial charge in [0, 0.05) is 11.8 Å². The molecule has 0 radical (unpaired) electrons. The number of rotatable bonds is 3. The van der Waals surface area contributed by atoms with E-state index in [0.717, 1.165) is 12.8 Å². The first-order chi connectivity index (χ1) is 11.8. The number of nitrogens with one attached hydrogen (secondary N) is 2. The Morgan fingerprint density at radius 3 is 2.60 bits per heavy atom. The van der Waals surface area contributed by atoms with E-state index in [0.29, 0.717) is 30.0 Å². The summed E-state index contributed by atoms with van der Waals surface area (Å²) in [7, 11) is 0. The highest BCUT2D eigenvalue weighted by Crippen LogP contribution is 2.36. The number of anilines is 2. The van der Waals surface area contributed by atoms with Crippen LogP contribution in [-0.4, -0.2) is 28.5 Å². The number of hydrogen-bond donors (Lipinski definition) is 3. The van der Waals surface area contributed by atoms with Crippen molar-refractivity contribution < 1.29 is 24.2 Å². The molecule has 1 aliphatic carbocycles. The fourth-order valence-corrected chi connectivity index (χ4v) is 3.36. The van der Waals surface area contributed by atoms with Crippen LogP contribution in [0.2, 0.25) is 0 Å². The molecule has 1 aromatic rings. The lowest BCUT2D eigenvalue weighted by Crippen LogP contribution is -2.45.